The highest BCUT2D eigenvalue weighted by molar-refractivity contribution is 14.1. The predicted molar refractivity (Wildman–Crippen MR) is 24.6 cm³/mol. The Hall–Kier alpha value is 0.410. The highest BCUT2D eigenvalue weighted by atomic mass is 127. The molecule has 0 heterocycles. The molecule has 1 radical (unpaired) electrons. The van der Waals surface area contributed by atoms with Gasteiger partial charge in [0.15, 0.2) is 0 Å². The van der Waals surface area contributed by atoms with Gasteiger partial charge in [-0.25, -0.2) is 0 Å². The lowest BCUT2D eigenvalue weighted by molar-refractivity contribution is -0.312. The maximum atomic E-state index is 11.2. The molecule has 0 saturated carbocycles. The first-order valence-corrected chi connectivity index (χ1v) is 2.48. The maximum Gasteiger partial charge on any atom is 0.455 e. The van der Waals surface area contributed by atoms with Crippen molar-refractivity contribution in [2.45, 2.75) is 10.0 Å². The maximum absolute atomic E-state index is 11.2. The monoisotopic (exact) mass is 243 g/mol. The minimum absolute atomic E-state index is 0.0875. The van der Waals surface area contributed by atoms with Crippen LogP contribution in [0.5, 0.6) is 0 Å². The van der Waals surface area contributed by atoms with E-state index < -0.39 is 10.0 Å². The molecule has 0 saturated heterocycles. The lowest BCUT2D eigenvalue weighted by Crippen LogP contribution is -2.32. The zero-order valence-electron chi connectivity index (χ0n) is 3.30. The highest BCUT2D eigenvalue weighted by Crippen LogP contribution is 2.37. The lowest BCUT2D eigenvalue weighted by Gasteiger charge is -2.11. The van der Waals surface area contributed by atoms with E-state index in [-0.39, 0.29) is 22.6 Å². The van der Waals surface area contributed by atoms with Crippen LogP contribution in [-0.4, -0.2) is 10.0 Å². The fraction of sp³-hybridized carbons (Fsp3) is 1.00. The van der Waals surface area contributed by atoms with Crippen LogP contribution in [0.15, 0.2) is 0 Å². The summed E-state index contributed by atoms with van der Waals surface area (Å²) in [6, 6.07) is 0. The zero-order valence-corrected chi connectivity index (χ0v) is 5.46. The molecule has 0 fully saturated rings. The van der Waals surface area contributed by atoms with Gasteiger partial charge in [0.1, 0.15) is 0 Å². The van der Waals surface area contributed by atoms with Crippen LogP contribution in [0, 0.1) is 0 Å². The average molecular weight is 243 g/mol. The lowest BCUT2D eigenvalue weighted by atomic mass is 10.7. The molecule has 0 spiro atoms. The molecule has 0 aliphatic heterocycles. The molecular formula is C2F4IO. The van der Waals surface area contributed by atoms with Crippen molar-refractivity contribution in [1.29, 1.82) is 0 Å². The van der Waals surface area contributed by atoms with E-state index in [2.05, 4.69) is 0 Å². The van der Waals surface area contributed by atoms with E-state index in [0.29, 0.717) is 0 Å². The van der Waals surface area contributed by atoms with Gasteiger partial charge in [-0.2, -0.15) is 17.6 Å². The highest BCUT2D eigenvalue weighted by Gasteiger charge is 2.54. The van der Waals surface area contributed by atoms with Gasteiger partial charge in [0, 0.05) is 22.6 Å². The Bertz CT molecular complexity index is 69.0. The van der Waals surface area contributed by atoms with Gasteiger partial charge in [-0.15, -0.1) is 5.11 Å². The van der Waals surface area contributed by atoms with Crippen LogP contribution in [0.2, 0.25) is 0 Å². The van der Waals surface area contributed by atoms with E-state index in [1.165, 1.54) is 0 Å². The zero-order chi connectivity index (χ0) is 7.00. The van der Waals surface area contributed by atoms with Crippen molar-refractivity contribution in [2.24, 2.45) is 0 Å². The summed E-state index contributed by atoms with van der Waals surface area (Å²) in [7, 11) is 0. The van der Waals surface area contributed by atoms with Gasteiger partial charge in [0.05, 0.1) is 0 Å². The molecule has 0 aromatic carbocycles. The molecule has 0 aromatic heterocycles. The molecule has 0 amide bonds. The Morgan fingerprint density at radius 3 is 1.25 bits per heavy atom. The largest absolute Gasteiger partial charge is 0.455 e. The normalized spacial score (nSPS) is 14.2. The fourth-order valence-electron chi connectivity index (χ4n) is 0. The number of hydrogen-bond donors (Lipinski definition) is 0. The third-order valence-corrected chi connectivity index (χ3v) is 0.958. The van der Waals surface area contributed by atoms with Gasteiger partial charge in [-0.3, -0.25) is 0 Å². The van der Waals surface area contributed by atoms with Gasteiger partial charge in [-0.05, 0) is 0 Å². The average Bonchev–Trinajstić information content (AvgIpc) is 1.25. The third-order valence-electron chi connectivity index (χ3n) is 0.330. The summed E-state index contributed by atoms with van der Waals surface area (Å²) in [5.74, 6) is 0. The Balaban J connectivity index is 4.02. The minimum Gasteiger partial charge on any atom is -0.185 e. The van der Waals surface area contributed by atoms with E-state index in [1.807, 2.05) is 0 Å². The van der Waals surface area contributed by atoms with Crippen molar-refractivity contribution in [1.82, 2.24) is 0 Å². The molecule has 0 bridgehead atoms. The van der Waals surface area contributed by atoms with Gasteiger partial charge in [0.25, 0.3) is 0 Å². The van der Waals surface area contributed by atoms with E-state index in [9.17, 15) is 17.6 Å². The predicted octanol–water partition coefficient (Wildman–Crippen LogP) is 2.04. The first-order valence-electron chi connectivity index (χ1n) is 1.40. The van der Waals surface area contributed by atoms with Crippen molar-refractivity contribution < 1.29 is 22.7 Å². The van der Waals surface area contributed by atoms with Crippen molar-refractivity contribution in [3.63, 3.8) is 0 Å². The van der Waals surface area contributed by atoms with Crippen LogP contribution in [0.3, 0.4) is 0 Å². The Morgan fingerprint density at radius 2 is 1.25 bits per heavy atom. The second-order valence-electron chi connectivity index (χ2n) is 1.01. The molecule has 1 nitrogen and oxygen atoms in total. The fourth-order valence-corrected chi connectivity index (χ4v) is 0. The van der Waals surface area contributed by atoms with Crippen LogP contribution >= 0.6 is 22.6 Å². The summed E-state index contributed by atoms with van der Waals surface area (Å²) in [5, 5.41) is 9.03. The molecule has 0 unspecified atom stereocenters. The SMILES string of the molecule is [O]C(F)(F)C(F)(F)I. The molecule has 0 rings (SSSR count). The van der Waals surface area contributed by atoms with Crippen molar-refractivity contribution >= 4 is 22.6 Å². The van der Waals surface area contributed by atoms with E-state index in [1.54, 1.807) is 0 Å². The van der Waals surface area contributed by atoms with E-state index in [0.717, 1.165) is 0 Å². The summed E-state index contributed by atoms with van der Waals surface area (Å²) in [6.07, 6.45) is -5.16. The molecular weight excluding hydrogens is 243 g/mol. The summed E-state index contributed by atoms with van der Waals surface area (Å²) < 4.78 is 39.7. The number of alkyl halides is 5. The first kappa shape index (κ1) is 8.41. The van der Waals surface area contributed by atoms with Gasteiger partial charge in [-0.1, -0.05) is 0 Å². The summed E-state index contributed by atoms with van der Waals surface area (Å²) >= 11 is 0.0875. The second kappa shape index (κ2) is 1.98. The van der Waals surface area contributed by atoms with Crippen molar-refractivity contribution in [3.8, 4) is 0 Å². The van der Waals surface area contributed by atoms with Crippen LogP contribution in [0.4, 0.5) is 17.6 Å². The topological polar surface area (TPSA) is 19.9 Å². The van der Waals surface area contributed by atoms with Crippen molar-refractivity contribution in [3.05, 3.63) is 0 Å². The van der Waals surface area contributed by atoms with E-state index >= 15 is 0 Å². The summed E-state index contributed by atoms with van der Waals surface area (Å²) in [4.78, 5) is 0. The molecule has 0 N–H and O–H groups in total. The molecule has 0 atom stereocenters. The van der Waals surface area contributed by atoms with Gasteiger partial charge < -0.3 is 0 Å². The first-order chi connectivity index (χ1) is 3.25. The summed E-state index contributed by atoms with van der Waals surface area (Å²) in [6.45, 7) is 0. The second-order valence-corrected chi connectivity index (χ2v) is 2.37. The molecule has 0 aliphatic carbocycles. The summed E-state index contributed by atoms with van der Waals surface area (Å²) in [5.41, 5.74) is 0. The van der Waals surface area contributed by atoms with Crippen LogP contribution in [-0.2, 0) is 5.11 Å². The quantitative estimate of drug-likeness (QED) is 0.381. The van der Waals surface area contributed by atoms with E-state index in [4.69, 9.17) is 5.11 Å². The molecule has 0 aliphatic rings. The van der Waals surface area contributed by atoms with Gasteiger partial charge >= 0.3 is 10.0 Å². The van der Waals surface area contributed by atoms with Crippen LogP contribution in [0.25, 0.3) is 0 Å². The standard InChI is InChI=1S/C2F4IO/c3-1(4,7)2(5,6)8. The number of rotatable bonds is 1. The molecule has 0 aromatic rings. The van der Waals surface area contributed by atoms with Crippen LogP contribution in [0.1, 0.15) is 0 Å². The van der Waals surface area contributed by atoms with Crippen molar-refractivity contribution in [2.75, 3.05) is 0 Å². The smallest absolute Gasteiger partial charge is 0.185 e. The Kier molecular flexibility index (Phi) is 2.08. The number of hydrogen-bond acceptors (Lipinski definition) is 0. The number of halogens is 5. The van der Waals surface area contributed by atoms with Gasteiger partial charge in [0.2, 0.25) is 0 Å². The molecule has 49 valence electrons. The Labute approximate surface area is 55.8 Å². The van der Waals surface area contributed by atoms with Crippen LogP contribution < -0.4 is 0 Å². The minimum atomic E-state index is -5.16. The molecule has 6 heteroatoms. The third kappa shape index (κ3) is 2.12. The Morgan fingerprint density at radius 1 is 1.12 bits per heavy atom. The molecule has 8 heavy (non-hydrogen) atoms.